The largest absolute Gasteiger partial charge is 0.272 e. The molecule has 1 heterocycles. The Hall–Kier alpha value is -2.72. The minimum absolute atomic E-state index is 0.0313. The van der Waals surface area contributed by atoms with Crippen molar-refractivity contribution in [2.45, 2.75) is 45.4 Å². The Morgan fingerprint density at radius 1 is 0.897 bits per heavy atom. The average molecular weight is 390 g/mol. The van der Waals surface area contributed by atoms with Gasteiger partial charge in [0.05, 0.1) is 17.4 Å². The number of hydrogen-bond donors (Lipinski definition) is 0. The van der Waals surface area contributed by atoms with E-state index < -0.39 is 0 Å². The normalized spacial score (nSPS) is 11.1. The maximum atomic E-state index is 13.4. The summed E-state index contributed by atoms with van der Waals surface area (Å²) in [5.74, 6) is -0.0313. The lowest BCUT2D eigenvalue weighted by molar-refractivity contribution is 0.0913. The topological polar surface area (TPSA) is 36.4 Å². The van der Waals surface area contributed by atoms with E-state index in [-0.39, 0.29) is 5.91 Å². The number of para-hydroxylation sites is 1. The van der Waals surface area contributed by atoms with Gasteiger partial charge in [0, 0.05) is 24.5 Å². The van der Waals surface area contributed by atoms with Crippen molar-refractivity contribution in [2.75, 3.05) is 18.6 Å². The van der Waals surface area contributed by atoms with Crippen LogP contribution in [0.25, 0.3) is 10.9 Å². The van der Waals surface area contributed by atoms with E-state index in [1.54, 1.807) is 11.2 Å². The van der Waals surface area contributed by atoms with Gasteiger partial charge in [-0.15, -0.1) is 0 Å². The third-order valence-electron chi connectivity index (χ3n) is 5.21. The fraction of sp³-hybridized carbons (Fsp3) is 0.360. The van der Waals surface area contributed by atoms with Crippen molar-refractivity contribution < 1.29 is 4.79 Å². The van der Waals surface area contributed by atoms with Crippen LogP contribution >= 0.6 is 0 Å². The highest BCUT2D eigenvalue weighted by atomic mass is 16.2. The summed E-state index contributed by atoms with van der Waals surface area (Å²) in [6.07, 6.45) is 9.16. The predicted octanol–water partition coefficient (Wildman–Crippen LogP) is 6.09. The first kappa shape index (κ1) is 21.0. The van der Waals surface area contributed by atoms with Crippen LogP contribution in [0.15, 0.2) is 66.9 Å². The molecule has 4 nitrogen and oxygen atoms in total. The van der Waals surface area contributed by atoms with Crippen molar-refractivity contribution in [3.63, 3.8) is 0 Å². The summed E-state index contributed by atoms with van der Waals surface area (Å²) in [6, 6.07) is 19.5. The molecule has 3 rings (SSSR count). The molecule has 0 fully saturated rings. The zero-order valence-corrected chi connectivity index (χ0v) is 17.6. The van der Waals surface area contributed by atoms with Gasteiger partial charge in [-0.2, -0.15) is 0 Å². The van der Waals surface area contributed by atoms with Crippen LogP contribution in [-0.4, -0.2) is 29.5 Å². The highest BCUT2D eigenvalue weighted by Gasteiger charge is 2.22. The molecule has 1 aromatic heterocycles. The van der Waals surface area contributed by atoms with Gasteiger partial charge in [0.2, 0.25) is 0 Å². The molecule has 0 saturated carbocycles. The Kier molecular flexibility index (Phi) is 7.77. The number of fused-ring (bicyclic) bond motifs is 1. The standard InChI is InChI=1S/C25H31N3O/c1-3-4-5-6-7-13-18-27(2)28(25(29)21-14-9-8-10-15-21)23-19-22-16-11-12-17-24(22)26-20-23/h8-12,14-17,19-20H,3-7,13,18H2,1-2H3. The third kappa shape index (κ3) is 5.64. The average Bonchev–Trinajstić information content (AvgIpc) is 2.77. The fourth-order valence-corrected chi connectivity index (χ4v) is 3.57. The second-order valence-electron chi connectivity index (χ2n) is 7.52. The molecule has 2 aromatic carbocycles. The van der Waals surface area contributed by atoms with Crippen LogP contribution in [0.2, 0.25) is 0 Å². The van der Waals surface area contributed by atoms with Gasteiger partial charge in [-0.3, -0.25) is 9.78 Å². The van der Waals surface area contributed by atoms with Crippen molar-refractivity contribution in [2.24, 2.45) is 0 Å². The summed E-state index contributed by atoms with van der Waals surface area (Å²) in [4.78, 5) is 17.9. The van der Waals surface area contributed by atoms with Crippen LogP contribution in [0.1, 0.15) is 55.8 Å². The number of amides is 1. The summed E-state index contributed by atoms with van der Waals surface area (Å²) in [7, 11) is 1.99. The number of carbonyl (C=O) groups is 1. The smallest absolute Gasteiger partial charge is 0.267 e. The van der Waals surface area contributed by atoms with Gasteiger partial charge in [-0.05, 0) is 30.7 Å². The lowest BCUT2D eigenvalue weighted by Crippen LogP contribution is -2.45. The van der Waals surface area contributed by atoms with E-state index in [2.05, 4.69) is 11.9 Å². The van der Waals surface area contributed by atoms with Crippen LogP contribution in [0, 0.1) is 0 Å². The van der Waals surface area contributed by atoms with Crippen LogP contribution in [0.3, 0.4) is 0 Å². The van der Waals surface area contributed by atoms with Crippen molar-refractivity contribution in [1.82, 2.24) is 9.99 Å². The number of hydrogen-bond acceptors (Lipinski definition) is 3. The molecule has 3 aromatic rings. The van der Waals surface area contributed by atoms with Gasteiger partial charge in [0.15, 0.2) is 0 Å². The van der Waals surface area contributed by atoms with Crippen LogP contribution in [0.5, 0.6) is 0 Å². The SMILES string of the molecule is CCCCCCCCN(C)N(C(=O)c1ccccc1)c1cnc2ccccc2c1. The molecular formula is C25H31N3O. The van der Waals surface area contributed by atoms with Crippen molar-refractivity contribution in [1.29, 1.82) is 0 Å². The first-order valence-electron chi connectivity index (χ1n) is 10.7. The molecule has 0 N–H and O–H groups in total. The van der Waals surface area contributed by atoms with Crippen molar-refractivity contribution >= 4 is 22.5 Å². The minimum Gasteiger partial charge on any atom is -0.267 e. The van der Waals surface area contributed by atoms with Gasteiger partial charge in [0.1, 0.15) is 0 Å². The number of aromatic nitrogens is 1. The summed E-state index contributed by atoms with van der Waals surface area (Å²) < 4.78 is 0. The van der Waals surface area contributed by atoms with Crippen molar-refractivity contribution in [3.8, 4) is 0 Å². The van der Waals surface area contributed by atoms with Crippen LogP contribution < -0.4 is 5.01 Å². The lowest BCUT2D eigenvalue weighted by atomic mass is 10.1. The van der Waals surface area contributed by atoms with Gasteiger partial charge in [0.25, 0.3) is 5.91 Å². The molecule has 4 heteroatoms. The third-order valence-corrected chi connectivity index (χ3v) is 5.21. The number of rotatable bonds is 10. The van der Waals surface area contributed by atoms with E-state index in [0.29, 0.717) is 5.56 Å². The van der Waals surface area contributed by atoms with Crippen LogP contribution in [0.4, 0.5) is 5.69 Å². The quantitative estimate of drug-likeness (QED) is 0.311. The van der Waals surface area contributed by atoms with E-state index in [1.165, 1.54) is 32.1 Å². The molecular weight excluding hydrogens is 358 g/mol. The van der Waals surface area contributed by atoms with Crippen molar-refractivity contribution in [3.05, 3.63) is 72.4 Å². The Balaban J connectivity index is 1.80. The number of pyridine rings is 1. The Labute approximate surface area is 174 Å². The number of nitrogens with zero attached hydrogens (tertiary/aromatic N) is 3. The molecule has 0 saturated heterocycles. The number of carbonyl (C=O) groups excluding carboxylic acids is 1. The van der Waals surface area contributed by atoms with E-state index in [9.17, 15) is 4.79 Å². The molecule has 0 unspecified atom stereocenters. The Bertz CT molecular complexity index is 910. The second kappa shape index (κ2) is 10.7. The van der Waals surface area contributed by atoms with E-state index in [1.807, 2.05) is 72.7 Å². The zero-order chi connectivity index (χ0) is 20.5. The predicted molar refractivity (Wildman–Crippen MR) is 121 cm³/mol. The molecule has 0 atom stereocenters. The highest BCUT2D eigenvalue weighted by molar-refractivity contribution is 6.06. The molecule has 152 valence electrons. The highest BCUT2D eigenvalue weighted by Crippen LogP contribution is 2.23. The molecule has 29 heavy (non-hydrogen) atoms. The first-order chi connectivity index (χ1) is 14.2. The summed E-state index contributed by atoms with van der Waals surface area (Å²) in [6.45, 7) is 3.07. The monoisotopic (exact) mass is 389 g/mol. The molecule has 0 bridgehead atoms. The van der Waals surface area contributed by atoms with Crippen LogP contribution in [-0.2, 0) is 0 Å². The van der Waals surface area contributed by atoms with E-state index >= 15 is 0 Å². The number of hydrazine groups is 1. The summed E-state index contributed by atoms with van der Waals surface area (Å²) in [5, 5.41) is 4.82. The zero-order valence-electron chi connectivity index (χ0n) is 17.6. The summed E-state index contributed by atoms with van der Waals surface area (Å²) in [5.41, 5.74) is 2.41. The van der Waals surface area contributed by atoms with E-state index in [4.69, 9.17) is 0 Å². The van der Waals surface area contributed by atoms with Gasteiger partial charge in [-0.25, -0.2) is 10.0 Å². The van der Waals surface area contributed by atoms with Gasteiger partial charge < -0.3 is 0 Å². The second-order valence-corrected chi connectivity index (χ2v) is 7.52. The fourth-order valence-electron chi connectivity index (χ4n) is 3.57. The lowest BCUT2D eigenvalue weighted by Gasteiger charge is -2.32. The molecule has 0 aliphatic heterocycles. The first-order valence-corrected chi connectivity index (χ1v) is 10.7. The van der Waals surface area contributed by atoms with E-state index in [0.717, 1.165) is 29.6 Å². The number of anilines is 1. The summed E-state index contributed by atoms with van der Waals surface area (Å²) >= 11 is 0. The number of benzene rings is 2. The molecule has 0 spiro atoms. The molecule has 1 amide bonds. The Morgan fingerprint density at radius 3 is 2.38 bits per heavy atom. The maximum Gasteiger partial charge on any atom is 0.272 e. The van der Waals surface area contributed by atoms with Gasteiger partial charge in [-0.1, -0.05) is 75.4 Å². The maximum absolute atomic E-state index is 13.4. The Morgan fingerprint density at radius 2 is 1.59 bits per heavy atom. The number of unbranched alkanes of at least 4 members (excludes halogenated alkanes) is 5. The minimum atomic E-state index is -0.0313. The van der Waals surface area contributed by atoms with Gasteiger partial charge >= 0.3 is 0 Å². The molecule has 0 aliphatic rings. The molecule has 0 radical (unpaired) electrons. The molecule has 0 aliphatic carbocycles.